The zero-order valence-electron chi connectivity index (χ0n) is 11.5. The Balaban J connectivity index is 2.32. The van der Waals surface area contributed by atoms with Gasteiger partial charge in [-0.2, -0.15) is 0 Å². The van der Waals surface area contributed by atoms with Crippen molar-refractivity contribution in [3.8, 4) is 0 Å². The Morgan fingerprint density at radius 1 is 1.45 bits per heavy atom. The number of thiocarbonyl (C=S) groups is 1. The molecule has 1 saturated heterocycles. The zero-order valence-corrected chi connectivity index (χ0v) is 13.1. The number of halogens is 1. The smallest absolute Gasteiger partial charge is 0.297 e. The number of hydrogen-bond donors (Lipinski definition) is 0. The molecule has 1 heterocycles. The Kier molecular flexibility index (Phi) is 4.30. The highest BCUT2D eigenvalue weighted by Gasteiger charge is 2.32. The Bertz CT molecular complexity index is 599. The van der Waals surface area contributed by atoms with Crippen molar-refractivity contribution >= 4 is 46.7 Å². The average Bonchev–Trinajstić information content (AvgIpc) is 2.66. The minimum Gasteiger partial charge on any atom is -0.426 e. The van der Waals surface area contributed by atoms with Gasteiger partial charge in [0.15, 0.2) is 5.76 Å². The SMILES string of the molecule is CCN1C(=O)C(=Cc2ccc(N(C)C)cc2Cl)OC1=S. The summed E-state index contributed by atoms with van der Waals surface area (Å²) in [5.41, 5.74) is 1.71. The minimum atomic E-state index is -0.231. The first-order chi connectivity index (χ1) is 9.43. The van der Waals surface area contributed by atoms with E-state index in [-0.39, 0.29) is 16.8 Å². The third kappa shape index (κ3) is 2.78. The second kappa shape index (κ2) is 5.81. The molecule has 0 radical (unpaired) electrons. The molecule has 0 N–H and O–H groups in total. The number of carbonyl (C=O) groups excluding carboxylic acids is 1. The Morgan fingerprint density at radius 3 is 2.65 bits per heavy atom. The molecule has 1 aliphatic heterocycles. The molecule has 1 fully saturated rings. The Hall–Kier alpha value is -1.59. The van der Waals surface area contributed by atoms with Crippen LogP contribution < -0.4 is 4.90 Å². The molecular formula is C14H15ClN2O2S. The van der Waals surface area contributed by atoms with Crippen LogP contribution in [-0.2, 0) is 9.53 Å². The van der Waals surface area contributed by atoms with Crippen LogP contribution in [0.25, 0.3) is 6.08 Å². The molecular weight excluding hydrogens is 296 g/mol. The first-order valence-corrected chi connectivity index (χ1v) is 6.95. The van der Waals surface area contributed by atoms with Gasteiger partial charge in [-0.15, -0.1) is 0 Å². The minimum absolute atomic E-state index is 0.185. The van der Waals surface area contributed by atoms with Gasteiger partial charge in [0.1, 0.15) is 0 Å². The van der Waals surface area contributed by atoms with Crippen molar-refractivity contribution in [1.82, 2.24) is 4.90 Å². The van der Waals surface area contributed by atoms with Crippen LogP contribution in [0.3, 0.4) is 0 Å². The van der Waals surface area contributed by atoms with E-state index >= 15 is 0 Å². The molecule has 0 saturated carbocycles. The molecule has 1 aromatic rings. The number of amides is 1. The lowest BCUT2D eigenvalue weighted by atomic mass is 10.1. The molecule has 0 aliphatic carbocycles. The monoisotopic (exact) mass is 310 g/mol. The van der Waals surface area contributed by atoms with Gasteiger partial charge in [-0.05, 0) is 42.9 Å². The van der Waals surface area contributed by atoms with Crippen LogP contribution in [0.15, 0.2) is 24.0 Å². The lowest BCUT2D eigenvalue weighted by Crippen LogP contribution is -2.27. The van der Waals surface area contributed by atoms with Gasteiger partial charge in [0.2, 0.25) is 0 Å². The van der Waals surface area contributed by atoms with Crippen molar-refractivity contribution in [3.63, 3.8) is 0 Å². The van der Waals surface area contributed by atoms with Crippen molar-refractivity contribution in [2.75, 3.05) is 25.5 Å². The van der Waals surface area contributed by atoms with Crippen LogP contribution in [-0.4, -0.2) is 36.6 Å². The van der Waals surface area contributed by atoms with Gasteiger partial charge in [0, 0.05) is 31.4 Å². The fourth-order valence-corrected chi connectivity index (χ4v) is 2.36. The highest BCUT2D eigenvalue weighted by Crippen LogP contribution is 2.27. The van der Waals surface area contributed by atoms with E-state index in [9.17, 15) is 4.79 Å². The fourth-order valence-electron chi connectivity index (χ4n) is 1.83. The predicted octanol–water partition coefficient (Wildman–Crippen LogP) is 2.91. The third-order valence-electron chi connectivity index (χ3n) is 2.98. The molecule has 1 amide bonds. The van der Waals surface area contributed by atoms with E-state index in [1.807, 2.05) is 44.1 Å². The molecule has 1 aromatic carbocycles. The zero-order chi connectivity index (χ0) is 14.9. The standard InChI is InChI=1S/C14H15ClN2O2S/c1-4-17-13(18)12(19-14(17)20)7-9-5-6-10(16(2)3)8-11(9)15/h5-8H,4H2,1-3H3. The Labute approximate surface area is 128 Å². The normalized spacial score (nSPS) is 16.8. The van der Waals surface area contributed by atoms with Gasteiger partial charge in [0.25, 0.3) is 11.1 Å². The number of rotatable bonds is 3. The summed E-state index contributed by atoms with van der Waals surface area (Å²) in [7, 11) is 3.87. The summed E-state index contributed by atoms with van der Waals surface area (Å²) in [6.45, 7) is 2.33. The topological polar surface area (TPSA) is 32.8 Å². The molecule has 4 nitrogen and oxygen atoms in total. The number of carbonyl (C=O) groups is 1. The van der Waals surface area contributed by atoms with E-state index in [1.54, 1.807) is 6.08 Å². The highest BCUT2D eigenvalue weighted by molar-refractivity contribution is 7.80. The van der Waals surface area contributed by atoms with Crippen LogP contribution in [0, 0.1) is 0 Å². The molecule has 106 valence electrons. The quantitative estimate of drug-likeness (QED) is 0.635. The highest BCUT2D eigenvalue weighted by atomic mass is 35.5. The lowest BCUT2D eigenvalue weighted by Gasteiger charge is -2.13. The molecule has 20 heavy (non-hydrogen) atoms. The molecule has 2 rings (SSSR count). The molecule has 6 heteroatoms. The average molecular weight is 311 g/mol. The number of likely N-dealkylation sites (N-methyl/N-ethyl adjacent to an activating group) is 1. The number of anilines is 1. The maximum atomic E-state index is 12.0. The summed E-state index contributed by atoms with van der Waals surface area (Å²) < 4.78 is 5.31. The number of ether oxygens (including phenoxy) is 1. The van der Waals surface area contributed by atoms with E-state index in [0.717, 1.165) is 11.3 Å². The summed E-state index contributed by atoms with van der Waals surface area (Å²) in [4.78, 5) is 15.4. The predicted molar refractivity (Wildman–Crippen MR) is 84.8 cm³/mol. The van der Waals surface area contributed by atoms with Crippen LogP contribution >= 0.6 is 23.8 Å². The van der Waals surface area contributed by atoms with Crippen LogP contribution in [0.1, 0.15) is 12.5 Å². The Morgan fingerprint density at radius 2 is 2.15 bits per heavy atom. The van der Waals surface area contributed by atoms with Crippen molar-refractivity contribution in [2.45, 2.75) is 6.92 Å². The van der Waals surface area contributed by atoms with Gasteiger partial charge < -0.3 is 9.64 Å². The van der Waals surface area contributed by atoms with Crippen molar-refractivity contribution in [3.05, 3.63) is 34.5 Å². The maximum absolute atomic E-state index is 12.0. The van der Waals surface area contributed by atoms with Gasteiger partial charge >= 0.3 is 0 Å². The largest absolute Gasteiger partial charge is 0.426 e. The van der Waals surface area contributed by atoms with Gasteiger partial charge in [-0.3, -0.25) is 9.69 Å². The third-order valence-corrected chi connectivity index (χ3v) is 3.61. The van der Waals surface area contributed by atoms with E-state index in [4.69, 9.17) is 28.6 Å². The van der Waals surface area contributed by atoms with Crippen LogP contribution in [0.4, 0.5) is 5.69 Å². The number of hydrogen-bond acceptors (Lipinski definition) is 4. The van der Waals surface area contributed by atoms with Crippen molar-refractivity contribution < 1.29 is 9.53 Å². The van der Waals surface area contributed by atoms with Gasteiger partial charge in [0.05, 0.1) is 0 Å². The summed E-state index contributed by atoms with van der Waals surface area (Å²) in [5.74, 6) is -0.0263. The van der Waals surface area contributed by atoms with E-state index in [1.165, 1.54) is 4.90 Å². The lowest BCUT2D eigenvalue weighted by molar-refractivity contribution is -0.122. The van der Waals surface area contributed by atoms with E-state index in [0.29, 0.717) is 11.6 Å². The molecule has 1 aliphatic rings. The summed E-state index contributed by atoms with van der Waals surface area (Å²) in [6, 6.07) is 5.61. The molecule has 0 unspecified atom stereocenters. The van der Waals surface area contributed by atoms with Crippen molar-refractivity contribution in [2.24, 2.45) is 0 Å². The van der Waals surface area contributed by atoms with E-state index in [2.05, 4.69) is 0 Å². The molecule has 0 aromatic heterocycles. The maximum Gasteiger partial charge on any atom is 0.297 e. The van der Waals surface area contributed by atoms with Gasteiger partial charge in [-0.25, -0.2) is 0 Å². The number of benzene rings is 1. The molecule has 0 bridgehead atoms. The second-order valence-corrected chi connectivity index (χ2v) is 5.28. The molecule has 0 atom stereocenters. The second-order valence-electron chi connectivity index (χ2n) is 4.53. The van der Waals surface area contributed by atoms with Gasteiger partial charge in [-0.1, -0.05) is 17.7 Å². The summed E-state index contributed by atoms with van der Waals surface area (Å²) >= 11 is 11.2. The van der Waals surface area contributed by atoms with Crippen LogP contribution in [0.2, 0.25) is 5.02 Å². The summed E-state index contributed by atoms with van der Waals surface area (Å²) in [6.07, 6.45) is 1.62. The molecule has 0 spiro atoms. The van der Waals surface area contributed by atoms with E-state index < -0.39 is 0 Å². The first-order valence-electron chi connectivity index (χ1n) is 6.16. The van der Waals surface area contributed by atoms with Crippen molar-refractivity contribution in [1.29, 1.82) is 0 Å². The fraction of sp³-hybridized carbons (Fsp3) is 0.286. The number of nitrogens with zero attached hydrogens (tertiary/aromatic N) is 2. The first kappa shape index (κ1) is 14.8. The summed E-state index contributed by atoms with van der Waals surface area (Å²) in [5, 5.41) is 0.741. The van der Waals surface area contributed by atoms with Crippen LogP contribution in [0.5, 0.6) is 0 Å².